The molecule has 0 atom stereocenters. The second-order valence-corrected chi connectivity index (χ2v) is 8.76. The van der Waals surface area contributed by atoms with Crippen molar-refractivity contribution in [3.63, 3.8) is 0 Å². The van der Waals surface area contributed by atoms with Crippen molar-refractivity contribution in [1.82, 2.24) is 18.7 Å². The Morgan fingerprint density at radius 3 is 2.48 bits per heavy atom. The van der Waals surface area contributed by atoms with Crippen LogP contribution in [0.5, 0.6) is 0 Å². The van der Waals surface area contributed by atoms with E-state index in [0.29, 0.717) is 29.3 Å². The quantitative estimate of drug-likeness (QED) is 0.468. The zero-order valence-corrected chi connectivity index (χ0v) is 18.8. The molecule has 31 heavy (non-hydrogen) atoms. The largest absolute Gasteiger partial charge is 0.337 e. The summed E-state index contributed by atoms with van der Waals surface area (Å²) in [7, 11) is 0. The van der Waals surface area contributed by atoms with Crippen molar-refractivity contribution in [1.29, 1.82) is 0 Å². The Hall–Kier alpha value is -3.12. The van der Waals surface area contributed by atoms with Gasteiger partial charge in [-0.05, 0) is 43.0 Å². The van der Waals surface area contributed by atoms with Crippen LogP contribution in [0.1, 0.15) is 30.5 Å². The average Bonchev–Trinajstić information content (AvgIpc) is 3.12. The number of fused-ring (bicyclic) bond motifs is 1. The van der Waals surface area contributed by atoms with Gasteiger partial charge in [0.05, 0.1) is 18.6 Å². The lowest BCUT2D eigenvalue weighted by Crippen LogP contribution is -2.41. The summed E-state index contributed by atoms with van der Waals surface area (Å²) in [6.07, 6.45) is 1.61. The van der Waals surface area contributed by atoms with Gasteiger partial charge in [0.25, 0.3) is 5.56 Å². The van der Waals surface area contributed by atoms with Crippen molar-refractivity contribution in [3.8, 4) is 5.69 Å². The molecule has 0 aliphatic heterocycles. The molecule has 160 valence electrons. The van der Waals surface area contributed by atoms with Gasteiger partial charge in [-0.25, -0.2) is 14.3 Å². The van der Waals surface area contributed by atoms with Crippen molar-refractivity contribution in [2.45, 2.75) is 40.8 Å². The Labute approximate surface area is 185 Å². The molecule has 0 fully saturated rings. The summed E-state index contributed by atoms with van der Waals surface area (Å²) in [5, 5.41) is 0.620. The van der Waals surface area contributed by atoms with E-state index in [1.165, 1.54) is 4.57 Å². The molecule has 0 spiro atoms. The third-order valence-corrected chi connectivity index (χ3v) is 5.71. The summed E-state index contributed by atoms with van der Waals surface area (Å²) in [5.41, 5.74) is 3.68. The maximum Gasteiger partial charge on any atom is 0.337 e. The van der Waals surface area contributed by atoms with E-state index in [1.54, 1.807) is 15.5 Å². The Bertz CT molecular complexity index is 1400. The summed E-state index contributed by atoms with van der Waals surface area (Å²) < 4.78 is 4.64. The SMILES string of the molecule is Cc1ccc(-n2c(=O)n(CC(C)C)c(=O)c3c2ncn3Cc2ccccc2Cl)c(C)c1. The summed E-state index contributed by atoms with van der Waals surface area (Å²) in [6.45, 7) is 8.65. The summed E-state index contributed by atoms with van der Waals surface area (Å²) in [5.74, 6) is 0.135. The highest BCUT2D eigenvalue weighted by Gasteiger charge is 2.21. The molecule has 0 bridgehead atoms. The van der Waals surface area contributed by atoms with Crippen LogP contribution in [-0.4, -0.2) is 18.7 Å². The molecule has 2 aromatic heterocycles. The minimum Gasteiger partial charge on any atom is -0.320 e. The van der Waals surface area contributed by atoms with Crippen LogP contribution in [0, 0.1) is 19.8 Å². The molecule has 2 heterocycles. The molecule has 4 aromatic rings. The number of aromatic nitrogens is 4. The first kappa shape index (κ1) is 21.1. The second kappa shape index (κ2) is 8.19. The van der Waals surface area contributed by atoms with Crippen LogP contribution in [0.25, 0.3) is 16.9 Å². The smallest absolute Gasteiger partial charge is 0.320 e. The molecular weight excluding hydrogens is 412 g/mol. The zero-order chi connectivity index (χ0) is 22.3. The van der Waals surface area contributed by atoms with Gasteiger partial charge in [-0.1, -0.05) is 61.3 Å². The fourth-order valence-corrected chi connectivity index (χ4v) is 4.10. The number of aryl methyl sites for hydroxylation is 2. The molecule has 6 nitrogen and oxygen atoms in total. The van der Waals surface area contributed by atoms with Gasteiger partial charge >= 0.3 is 5.69 Å². The van der Waals surface area contributed by atoms with Gasteiger partial charge in [-0.3, -0.25) is 9.36 Å². The number of nitrogens with zero attached hydrogens (tertiary/aromatic N) is 4. The van der Waals surface area contributed by atoms with Crippen LogP contribution in [0.15, 0.2) is 58.4 Å². The highest BCUT2D eigenvalue weighted by molar-refractivity contribution is 6.31. The molecule has 0 amide bonds. The summed E-state index contributed by atoms with van der Waals surface area (Å²) in [4.78, 5) is 31.4. The van der Waals surface area contributed by atoms with E-state index in [0.717, 1.165) is 22.4 Å². The molecule has 4 rings (SSSR count). The topological polar surface area (TPSA) is 61.8 Å². The molecule has 7 heteroatoms. The van der Waals surface area contributed by atoms with E-state index in [9.17, 15) is 9.59 Å². The van der Waals surface area contributed by atoms with Gasteiger partial charge in [-0.15, -0.1) is 0 Å². The lowest BCUT2D eigenvalue weighted by molar-refractivity contribution is 0.488. The first-order valence-electron chi connectivity index (χ1n) is 10.3. The van der Waals surface area contributed by atoms with E-state index in [2.05, 4.69) is 4.98 Å². The number of halogens is 1. The molecule has 0 aliphatic carbocycles. The zero-order valence-electron chi connectivity index (χ0n) is 18.1. The van der Waals surface area contributed by atoms with Gasteiger partial charge in [0.15, 0.2) is 11.2 Å². The molecule has 0 saturated carbocycles. The van der Waals surface area contributed by atoms with E-state index in [1.807, 2.05) is 70.2 Å². The van der Waals surface area contributed by atoms with Crippen LogP contribution in [0.2, 0.25) is 5.02 Å². The van der Waals surface area contributed by atoms with E-state index in [-0.39, 0.29) is 17.2 Å². The number of hydrogen-bond acceptors (Lipinski definition) is 3. The Morgan fingerprint density at radius 1 is 1.06 bits per heavy atom. The van der Waals surface area contributed by atoms with E-state index < -0.39 is 0 Å². The van der Waals surface area contributed by atoms with Crippen LogP contribution < -0.4 is 11.2 Å². The molecule has 0 N–H and O–H groups in total. The number of benzene rings is 2. The minimum atomic E-state index is -0.374. The number of rotatable bonds is 5. The van der Waals surface area contributed by atoms with Crippen molar-refractivity contribution < 1.29 is 0 Å². The second-order valence-electron chi connectivity index (χ2n) is 8.35. The van der Waals surface area contributed by atoms with Crippen LogP contribution >= 0.6 is 11.6 Å². The van der Waals surface area contributed by atoms with Gasteiger partial charge in [0.1, 0.15) is 0 Å². The fraction of sp³-hybridized carbons (Fsp3) is 0.292. The predicted molar refractivity (Wildman–Crippen MR) is 124 cm³/mol. The van der Waals surface area contributed by atoms with E-state index in [4.69, 9.17) is 11.6 Å². The Balaban J connectivity index is 2.04. The summed E-state index contributed by atoms with van der Waals surface area (Å²) in [6, 6.07) is 13.4. The van der Waals surface area contributed by atoms with Gasteiger partial charge < -0.3 is 4.57 Å². The molecule has 2 aromatic carbocycles. The average molecular weight is 437 g/mol. The first-order valence-corrected chi connectivity index (χ1v) is 10.7. The van der Waals surface area contributed by atoms with Crippen LogP contribution in [0.4, 0.5) is 0 Å². The predicted octanol–water partition coefficient (Wildman–Crippen LogP) is 4.32. The highest BCUT2D eigenvalue weighted by atomic mass is 35.5. The third-order valence-electron chi connectivity index (χ3n) is 5.34. The van der Waals surface area contributed by atoms with Crippen molar-refractivity contribution in [2.75, 3.05) is 0 Å². The normalized spacial score (nSPS) is 11.5. The molecular formula is C24H25ClN4O2. The first-order chi connectivity index (χ1) is 14.8. The third kappa shape index (κ3) is 3.83. The maximum absolute atomic E-state index is 13.5. The van der Waals surface area contributed by atoms with Crippen LogP contribution in [0.3, 0.4) is 0 Å². The molecule has 0 saturated heterocycles. The summed E-state index contributed by atoms with van der Waals surface area (Å²) >= 11 is 6.35. The van der Waals surface area contributed by atoms with E-state index >= 15 is 0 Å². The number of imidazole rings is 1. The lowest BCUT2D eigenvalue weighted by atomic mass is 10.1. The van der Waals surface area contributed by atoms with Crippen LogP contribution in [-0.2, 0) is 13.1 Å². The maximum atomic E-state index is 13.5. The van der Waals surface area contributed by atoms with Crippen molar-refractivity contribution >= 4 is 22.8 Å². The Morgan fingerprint density at radius 2 is 1.81 bits per heavy atom. The lowest BCUT2D eigenvalue weighted by Gasteiger charge is -2.16. The monoisotopic (exact) mass is 436 g/mol. The minimum absolute atomic E-state index is 0.135. The van der Waals surface area contributed by atoms with Gasteiger partial charge in [0.2, 0.25) is 0 Å². The molecule has 0 unspecified atom stereocenters. The van der Waals surface area contributed by atoms with Crippen molar-refractivity contribution in [2.24, 2.45) is 5.92 Å². The standard InChI is InChI=1S/C24H25ClN4O2/c1-15(2)12-28-23(30)21-22(26-14-27(21)13-18-7-5-6-8-19(18)25)29(24(28)31)20-10-9-16(3)11-17(20)4/h5-11,14-15H,12-13H2,1-4H3. The van der Waals surface area contributed by atoms with Crippen molar-refractivity contribution in [3.05, 3.63) is 91.3 Å². The molecule has 0 radical (unpaired) electrons. The number of hydrogen-bond donors (Lipinski definition) is 0. The molecule has 0 aliphatic rings. The Kier molecular flexibility index (Phi) is 5.58. The van der Waals surface area contributed by atoms with Gasteiger partial charge in [-0.2, -0.15) is 0 Å². The highest BCUT2D eigenvalue weighted by Crippen LogP contribution is 2.21. The van der Waals surface area contributed by atoms with Gasteiger partial charge in [0, 0.05) is 11.6 Å². The fourth-order valence-electron chi connectivity index (χ4n) is 3.91.